The summed E-state index contributed by atoms with van der Waals surface area (Å²) >= 11 is 1.06. The molecule has 0 bridgehead atoms. The minimum Gasteiger partial charge on any atom is -0.460 e. The quantitative estimate of drug-likeness (QED) is 0.368. The van der Waals surface area contributed by atoms with E-state index in [9.17, 15) is 21.6 Å². The van der Waals surface area contributed by atoms with Crippen LogP contribution in [0.15, 0.2) is 39.9 Å². The van der Waals surface area contributed by atoms with E-state index in [4.69, 9.17) is 9.26 Å². The largest absolute Gasteiger partial charge is 0.460 e. The van der Waals surface area contributed by atoms with E-state index in [0.717, 1.165) is 33.9 Å². The number of halogens is 3. The third kappa shape index (κ3) is 6.75. The van der Waals surface area contributed by atoms with Crippen molar-refractivity contribution in [3.05, 3.63) is 57.8 Å². The number of alkyl halides is 3. The van der Waals surface area contributed by atoms with E-state index in [-0.39, 0.29) is 21.3 Å². The zero-order chi connectivity index (χ0) is 27.7. The number of ether oxygens (including phenoxy) is 1. The van der Waals surface area contributed by atoms with Gasteiger partial charge in [0.25, 0.3) is 15.2 Å². The zero-order valence-electron chi connectivity index (χ0n) is 21.4. The molecule has 13 heteroatoms. The molecule has 206 valence electrons. The van der Waals surface area contributed by atoms with Crippen LogP contribution in [0.3, 0.4) is 0 Å². The van der Waals surface area contributed by atoms with Crippen molar-refractivity contribution in [3.63, 3.8) is 0 Å². The molecule has 0 saturated carbocycles. The summed E-state index contributed by atoms with van der Waals surface area (Å²) < 4.78 is 76.5. The summed E-state index contributed by atoms with van der Waals surface area (Å²) in [6.07, 6.45) is 1.35. The van der Waals surface area contributed by atoms with Crippen LogP contribution in [0.4, 0.5) is 19.0 Å². The highest BCUT2D eigenvalue weighted by Gasteiger charge is 2.30. The lowest BCUT2D eigenvalue weighted by Gasteiger charge is -2.28. The summed E-state index contributed by atoms with van der Waals surface area (Å²) in [5, 5.41) is 3.95. The van der Waals surface area contributed by atoms with E-state index in [1.807, 2.05) is 33.8 Å². The van der Waals surface area contributed by atoms with Crippen LogP contribution >= 0.6 is 11.3 Å². The molecule has 0 aliphatic carbocycles. The summed E-state index contributed by atoms with van der Waals surface area (Å²) in [6.45, 7) is 7.97. The maximum absolute atomic E-state index is 13.3. The van der Waals surface area contributed by atoms with Crippen molar-refractivity contribution in [1.29, 1.82) is 0 Å². The molecule has 1 aliphatic rings. The molecule has 1 aromatic carbocycles. The van der Waals surface area contributed by atoms with Crippen molar-refractivity contribution in [1.82, 2.24) is 15.0 Å². The van der Waals surface area contributed by atoms with Gasteiger partial charge in [-0.25, -0.2) is 13.4 Å². The Kier molecular flexibility index (Phi) is 7.91. The monoisotopic (exact) mass is 570 g/mol. The minimum atomic E-state index is -4.42. The Morgan fingerprint density at radius 1 is 1.24 bits per heavy atom. The normalized spacial score (nSPS) is 15.1. The van der Waals surface area contributed by atoms with Crippen LogP contribution in [0.2, 0.25) is 0 Å². The van der Waals surface area contributed by atoms with Gasteiger partial charge in [0.1, 0.15) is 0 Å². The van der Waals surface area contributed by atoms with Gasteiger partial charge in [0.05, 0.1) is 10.5 Å². The predicted molar refractivity (Wildman–Crippen MR) is 139 cm³/mol. The molecule has 1 N–H and O–H groups in total. The number of nitrogens with zero attached hydrogens (tertiary/aromatic N) is 3. The molecule has 1 aliphatic heterocycles. The first kappa shape index (κ1) is 28.1. The number of hydrogen-bond donors (Lipinski definition) is 1. The second-order valence-corrected chi connectivity index (χ2v) is 12.8. The molecule has 0 spiro atoms. The highest BCUT2D eigenvalue weighted by molar-refractivity contribution is 7.92. The summed E-state index contributed by atoms with van der Waals surface area (Å²) in [7, 11) is -3.95. The lowest BCUT2D eigenvalue weighted by molar-refractivity contribution is -0.153. The second-order valence-electron chi connectivity index (χ2n) is 10.0. The van der Waals surface area contributed by atoms with E-state index >= 15 is 0 Å². The number of allylic oxidation sites excluding steroid dienone is 1. The molecule has 0 radical (unpaired) electrons. The highest BCUT2D eigenvalue weighted by Crippen LogP contribution is 2.33. The number of thiazole rings is 1. The maximum atomic E-state index is 13.3. The fourth-order valence-corrected chi connectivity index (χ4v) is 5.97. The summed E-state index contributed by atoms with van der Waals surface area (Å²) in [4.78, 5) is 6.86. The first-order chi connectivity index (χ1) is 17.7. The second kappa shape index (κ2) is 10.7. The molecule has 3 heterocycles. The Hall–Kier alpha value is -2.90. The molecule has 0 saturated heterocycles. The molecular formula is C25H29F3N4O4S2. The zero-order valence-corrected chi connectivity index (χ0v) is 23.1. The van der Waals surface area contributed by atoms with Crippen molar-refractivity contribution < 1.29 is 30.8 Å². The van der Waals surface area contributed by atoms with Crippen molar-refractivity contribution in [2.75, 3.05) is 17.9 Å². The lowest BCUT2D eigenvalue weighted by atomic mass is 9.90. The molecule has 0 amide bonds. The number of hydrogen-bond acceptors (Lipinski definition) is 8. The van der Waals surface area contributed by atoms with E-state index in [1.165, 1.54) is 6.20 Å². The van der Waals surface area contributed by atoms with Crippen LogP contribution in [-0.2, 0) is 34.9 Å². The summed E-state index contributed by atoms with van der Waals surface area (Å²) in [5.74, 6) is 0.700. The van der Waals surface area contributed by atoms with Crippen LogP contribution in [0.5, 0.6) is 5.19 Å². The first-order valence-corrected chi connectivity index (χ1v) is 14.2. The average molecular weight is 571 g/mol. The molecule has 8 nitrogen and oxygen atoms in total. The number of fused-ring (bicyclic) bond motifs is 1. The Balaban J connectivity index is 1.48. The van der Waals surface area contributed by atoms with E-state index in [0.29, 0.717) is 30.8 Å². The van der Waals surface area contributed by atoms with Crippen LogP contribution in [0.1, 0.15) is 55.0 Å². The van der Waals surface area contributed by atoms with Gasteiger partial charge >= 0.3 is 6.18 Å². The van der Waals surface area contributed by atoms with Crippen LogP contribution in [-0.4, -0.2) is 42.8 Å². The van der Waals surface area contributed by atoms with E-state index < -0.39 is 22.8 Å². The fraction of sp³-hybridized carbons (Fsp3) is 0.440. The SMILES string of the molecule is CC=Cc1c(NS(=O)(=O)c2ccc3c(c2)CN(Cc2cnc(OCC(F)(F)F)s2)CC3)noc1C(C)(C)C. The highest BCUT2D eigenvalue weighted by atomic mass is 32.2. The molecule has 3 aromatic rings. The van der Waals surface area contributed by atoms with Gasteiger partial charge in [-0.1, -0.05) is 55.5 Å². The van der Waals surface area contributed by atoms with E-state index in [1.54, 1.807) is 24.3 Å². The average Bonchev–Trinajstić information content (AvgIpc) is 3.43. The van der Waals surface area contributed by atoms with E-state index in [2.05, 4.69) is 19.8 Å². The third-order valence-electron chi connectivity index (χ3n) is 5.82. The Morgan fingerprint density at radius 3 is 2.68 bits per heavy atom. The van der Waals surface area contributed by atoms with Crippen LogP contribution in [0, 0.1) is 0 Å². The summed E-state index contributed by atoms with van der Waals surface area (Å²) in [6, 6.07) is 5.03. The van der Waals surface area contributed by atoms with Crippen molar-refractivity contribution >= 4 is 33.3 Å². The Labute approximate surface area is 223 Å². The number of sulfonamides is 1. The van der Waals surface area contributed by atoms with Gasteiger partial charge < -0.3 is 9.26 Å². The van der Waals surface area contributed by atoms with Gasteiger partial charge in [-0.05, 0) is 36.6 Å². The topological polar surface area (TPSA) is 97.6 Å². The lowest BCUT2D eigenvalue weighted by Crippen LogP contribution is -2.30. The maximum Gasteiger partial charge on any atom is 0.422 e. The first-order valence-electron chi connectivity index (χ1n) is 11.9. The number of nitrogens with one attached hydrogen (secondary N) is 1. The van der Waals surface area contributed by atoms with Crippen LogP contribution in [0.25, 0.3) is 6.08 Å². The van der Waals surface area contributed by atoms with Crippen LogP contribution < -0.4 is 9.46 Å². The Morgan fingerprint density at radius 2 is 2.00 bits per heavy atom. The van der Waals surface area contributed by atoms with Crippen molar-refractivity contribution in [2.24, 2.45) is 0 Å². The molecule has 2 aromatic heterocycles. The molecule has 4 rings (SSSR count). The smallest absolute Gasteiger partial charge is 0.422 e. The number of aromatic nitrogens is 2. The number of rotatable bonds is 8. The number of benzene rings is 1. The van der Waals surface area contributed by atoms with Gasteiger partial charge in [0.15, 0.2) is 18.2 Å². The predicted octanol–water partition coefficient (Wildman–Crippen LogP) is 5.76. The van der Waals surface area contributed by atoms with Gasteiger partial charge in [0, 0.05) is 36.1 Å². The fourth-order valence-electron chi connectivity index (χ4n) is 4.11. The molecule has 0 atom stereocenters. The van der Waals surface area contributed by atoms with Gasteiger partial charge in [-0.15, -0.1) is 0 Å². The van der Waals surface area contributed by atoms with Crippen molar-refractivity contribution in [3.8, 4) is 5.19 Å². The Bertz CT molecular complexity index is 1420. The molecule has 0 unspecified atom stereocenters. The standard InChI is InChI=1S/C25H29F3N4O4S2/c1-5-6-20-21(24(2,3)4)36-30-22(20)31-38(33,34)19-8-7-16-9-10-32(13-17(16)11-19)14-18-12-29-23(37-18)35-15-25(26,27)28/h5-8,11-12H,9-10,13-15H2,1-4H3,(H,30,31). The number of anilines is 1. The van der Waals surface area contributed by atoms with Gasteiger partial charge in [-0.3, -0.25) is 9.62 Å². The van der Waals surface area contributed by atoms with Gasteiger partial charge in [-0.2, -0.15) is 13.2 Å². The molecule has 0 fully saturated rings. The molecular weight excluding hydrogens is 541 g/mol. The van der Waals surface area contributed by atoms with Crippen molar-refractivity contribution in [2.45, 2.75) is 63.7 Å². The summed E-state index contributed by atoms with van der Waals surface area (Å²) in [5.41, 5.74) is 2.12. The minimum absolute atomic E-state index is 0.0334. The third-order valence-corrected chi connectivity index (χ3v) is 8.06. The molecule has 38 heavy (non-hydrogen) atoms. The van der Waals surface area contributed by atoms with Gasteiger partial charge in [0.2, 0.25) is 0 Å².